The van der Waals surface area contributed by atoms with E-state index >= 15 is 0 Å². The summed E-state index contributed by atoms with van der Waals surface area (Å²) in [7, 11) is 1.53. The van der Waals surface area contributed by atoms with Crippen molar-refractivity contribution in [3.05, 3.63) is 76.4 Å². The van der Waals surface area contributed by atoms with Gasteiger partial charge in [-0.05, 0) is 48.2 Å². The number of rotatable bonds is 7. The van der Waals surface area contributed by atoms with Crippen molar-refractivity contribution < 1.29 is 22.8 Å². The zero-order valence-electron chi connectivity index (χ0n) is 19.3. The van der Waals surface area contributed by atoms with Gasteiger partial charge in [-0.25, -0.2) is 4.98 Å². The number of aryl methyl sites for hydroxylation is 1. The highest BCUT2D eigenvalue weighted by Crippen LogP contribution is 2.32. The minimum absolute atomic E-state index is 0.194. The first-order valence-electron chi connectivity index (χ1n) is 10.7. The van der Waals surface area contributed by atoms with Gasteiger partial charge in [-0.2, -0.15) is 13.2 Å². The number of benzene rings is 2. The maximum Gasteiger partial charge on any atom is 0.397 e. The molecule has 0 aliphatic rings. The molecule has 3 aromatic rings. The summed E-state index contributed by atoms with van der Waals surface area (Å²) in [5.41, 5.74) is 3.46. The molecule has 0 bridgehead atoms. The number of nitrogens with one attached hydrogen (secondary N) is 3. The Hall–Kier alpha value is -3.59. The smallest absolute Gasteiger partial charge is 0.362 e. The van der Waals surface area contributed by atoms with Gasteiger partial charge < -0.3 is 16.0 Å². The van der Waals surface area contributed by atoms with Crippen LogP contribution in [0.4, 0.5) is 24.7 Å². The Bertz CT molecular complexity index is 1230. The minimum atomic E-state index is -4.61. The summed E-state index contributed by atoms with van der Waals surface area (Å²) >= 11 is 6.25. The Balaban J connectivity index is 1.83. The maximum atomic E-state index is 12.6. The van der Waals surface area contributed by atoms with Crippen molar-refractivity contribution in [3.63, 3.8) is 0 Å². The molecule has 2 amide bonds. The number of anilines is 2. The molecule has 0 radical (unpaired) electrons. The van der Waals surface area contributed by atoms with E-state index in [4.69, 9.17) is 11.6 Å². The predicted molar refractivity (Wildman–Crippen MR) is 131 cm³/mol. The highest BCUT2D eigenvalue weighted by atomic mass is 35.5. The molecule has 0 spiro atoms. The van der Waals surface area contributed by atoms with E-state index in [1.165, 1.54) is 13.2 Å². The Kier molecular flexibility index (Phi) is 8.01. The fraction of sp³-hybridized carbons (Fsp3) is 0.240. The summed E-state index contributed by atoms with van der Waals surface area (Å²) < 4.78 is 37.8. The molecule has 35 heavy (non-hydrogen) atoms. The van der Waals surface area contributed by atoms with Gasteiger partial charge in [-0.3, -0.25) is 9.59 Å². The summed E-state index contributed by atoms with van der Waals surface area (Å²) in [4.78, 5) is 28.4. The SMILES string of the molecule is CNC(=O)c1c(Cl)cccc1-c1ccc(C(C)Nc2nccc(C)c2NC(=O)CC(F)(F)F)cc1. The topological polar surface area (TPSA) is 83.1 Å². The molecule has 1 aromatic heterocycles. The number of nitrogens with zero attached hydrogens (tertiary/aromatic N) is 1. The van der Waals surface area contributed by atoms with Crippen molar-refractivity contribution >= 4 is 34.9 Å². The van der Waals surface area contributed by atoms with E-state index in [1.54, 1.807) is 31.2 Å². The average Bonchev–Trinajstić information content (AvgIpc) is 2.79. The Morgan fingerprint density at radius 1 is 1.09 bits per heavy atom. The molecule has 0 aliphatic heterocycles. The third-order valence-corrected chi connectivity index (χ3v) is 5.64. The molecule has 0 aliphatic carbocycles. The molecule has 0 saturated heterocycles. The van der Waals surface area contributed by atoms with Crippen molar-refractivity contribution in [2.75, 3.05) is 17.7 Å². The third-order valence-electron chi connectivity index (χ3n) is 5.33. The first-order chi connectivity index (χ1) is 16.5. The fourth-order valence-electron chi connectivity index (χ4n) is 3.55. The molecule has 10 heteroatoms. The largest absolute Gasteiger partial charge is 0.397 e. The number of hydrogen-bond acceptors (Lipinski definition) is 4. The van der Waals surface area contributed by atoms with E-state index in [1.807, 2.05) is 31.2 Å². The Morgan fingerprint density at radius 3 is 2.40 bits per heavy atom. The van der Waals surface area contributed by atoms with E-state index in [9.17, 15) is 22.8 Å². The number of aromatic nitrogens is 1. The fourth-order valence-corrected chi connectivity index (χ4v) is 3.81. The van der Waals surface area contributed by atoms with Crippen LogP contribution in [0.5, 0.6) is 0 Å². The Labute approximate surface area is 205 Å². The highest BCUT2D eigenvalue weighted by molar-refractivity contribution is 6.34. The lowest BCUT2D eigenvalue weighted by atomic mass is 9.97. The van der Waals surface area contributed by atoms with Crippen LogP contribution in [0.2, 0.25) is 5.02 Å². The van der Waals surface area contributed by atoms with Gasteiger partial charge in [0.2, 0.25) is 5.91 Å². The summed E-state index contributed by atoms with van der Waals surface area (Å²) in [6.45, 7) is 3.53. The predicted octanol–water partition coefficient (Wildman–Crippen LogP) is 6.13. The monoisotopic (exact) mass is 504 g/mol. The number of carbonyl (C=O) groups is 2. The second kappa shape index (κ2) is 10.8. The van der Waals surface area contributed by atoms with Gasteiger partial charge in [0.25, 0.3) is 5.91 Å². The number of alkyl halides is 3. The van der Waals surface area contributed by atoms with Gasteiger partial charge in [-0.15, -0.1) is 0 Å². The van der Waals surface area contributed by atoms with Crippen molar-refractivity contribution in [1.82, 2.24) is 10.3 Å². The first-order valence-corrected chi connectivity index (χ1v) is 11.1. The third kappa shape index (κ3) is 6.51. The van der Waals surface area contributed by atoms with Crippen LogP contribution in [0, 0.1) is 6.92 Å². The molecule has 1 heterocycles. The normalized spacial score (nSPS) is 12.1. The van der Waals surface area contributed by atoms with Crippen LogP contribution < -0.4 is 16.0 Å². The second-order valence-corrected chi connectivity index (χ2v) is 8.33. The van der Waals surface area contributed by atoms with E-state index in [2.05, 4.69) is 20.9 Å². The van der Waals surface area contributed by atoms with Gasteiger partial charge in [-0.1, -0.05) is 48.0 Å². The first kappa shape index (κ1) is 26.0. The number of amides is 2. The van der Waals surface area contributed by atoms with E-state index < -0.39 is 18.5 Å². The van der Waals surface area contributed by atoms with E-state index in [0.29, 0.717) is 21.7 Å². The molecule has 0 fully saturated rings. The molecule has 3 rings (SSSR count). The van der Waals surface area contributed by atoms with Crippen LogP contribution in [-0.2, 0) is 4.79 Å². The molecule has 184 valence electrons. The van der Waals surface area contributed by atoms with Crippen LogP contribution in [0.15, 0.2) is 54.7 Å². The standard InChI is InChI=1S/C25H24ClF3N4O2/c1-14-11-12-31-23(22(14)33-20(34)13-25(27,28)29)32-15(2)16-7-9-17(10-8-16)18-5-4-6-19(26)21(18)24(35)30-3/h4-12,15H,13H2,1-3H3,(H,30,35)(H,31,32)(H,33,34). The van der Waals surface area contributed by atoms with Gasteiger partial charge in [0.15, 0.2) is 5.82 Å². The van der Waals surface area contributed by atoms with Crippen LogP contribution in [0.25, 0.3) is 11.1 Å². The molecule has 1 atom stereocenters. The van der Waals surface area contributed by atoms with Crippen LogP contribution >= 0.6 is 11.6 Å². The van der Waals surface area contributed by atoms with Crippen molar-refractivity contribution in [3.8, 4) is 11.1 Å². The number of hydrogen-bond donors (Lipinski definition) is 3. The molecular weight excluding hydrogens is 481 g/mol. The van der Waals surface area contributed by atoms with Crippen molar-refractivity contribution in [2.24, 2.45) is 0 Å². The Morgan fingerprint density at radius 2 is 1.77 bits per heavy atom. The zero-order chi connectivity index (χ0) is 25.8. The summed E-state index contributed by atoms with van der Waals surface area (Å²) in [6, 6.07) is 13.9. The van der Waals surface area contributed by atoms with Gasteiger partial charge in [0.05, 0.1) is 22.3 Å². The molecule has 3 N–H and O–H groups in total. The van der Waals surface area contributed by atoms with Crippen molar-refractivity contribution in [2.45, 2.75) is 32.5 Å². The maximum absolute atomic E-state index is 12.6. The van der Waals surface area contributed by atoms with Gasteiger partial charge in [0.1, 0.15) is 6.42 Å². The molecular formula is C25H24ClF3N4O2. The summed E-state index contributed by atoms with van der Waals surface area (Å²) in [5, 5.41) is 8.40. The van der Waals surface area contributed by atoms with E-state index in [-0.39, 0.29) is 23.5 Å². The molecule has 2 aromatic carbocycles. The zero-order valence-corrected chi connectivity index (χ0v) is 20.0. The van der Waals surface area contributed by atoms with Crippen LogP contribution in [0.1, 0.15) is 40.9 Å². The lowest BCUT2D eigenvalue weighted by molar-refractivity contribution is -0.150. The summed E-state index contributed by atoms with van der Waals surface area (Å²) in [6.07, 6.45) is -4.69. The van der Waals surface area contributed by atoms with Crippen LogP contribution in [0.3, 0.4) is 0 Å². The minimum Gasteiger partial charge on any atom is -0.362 e. The number of carbonyl (C=O) groups excluding carboxylic acids is 2. The average molecular weight is 505 g/mol. The van der Waals surface area contributed by atoms with Gasteiger partial charge >= 0.3 is 6.18 Å². The number of halogens is 4. The van der Waals surface area contributed by atoms with Crippen LogP contribution in [-0.4, -0.2) is 30.0 Å². The van der Waals surface area contributed by atoms with Gasteiger partial charge in [0, 0.05) is 13.2 Å². The second-order valence-electron chi connectivity index (χ2n) is 7.92. The lowest BCUT2D eigenvalue weighted by Crippen LogP contribution is -2.22. The van der Waals surface area contributed by atoms with E-state index in [0.717, 1.165) is 11.1 Å². The quantitative estimate of drug-likeness (QED) is 0.361. The number of pyridine rings is 1. The lowest BCUT2D eigenvalue weighted by Gasteiger charge is -2.20. The molecule has 0 saturated carbocycles. The van der Waals surface area contributed by atoms with Crippen molar-refractivity contribution in [1.29, 1.82) is 0 Å². The molecule has 6 nitrogen and oxygen atoms in total. The molecule has 1 unspecified atom stereocenters. The summed E-state index contributed by atoms with van der Waals surface area (Å²) in [5.74, 6) is -1.20. The highest BCUT2D eigenvalue weighted by Gasteiger charge is 2.31.